The second kappa shape index (κ2) is 16.0. The minimum Gasteiger partial charge on any atom is -0.474 e. The molecule has 0 radical (unpaired) electrons. The van der Waals surface area contributed by atoms with E-state index in [1.165, 1.54) is 49.8 Å². The number of unbranched alkanes of at least 4 members (excludes halogenated alkanes) is 8. The first-order valence-electron chi connectivity index (χ1n) is 12.3. The van der Waals surface area contributed by atoms with Crippen molar-refractivity contribution in [3.63, 3.8) is 0 Å². The van der Waals surface area contributed by atoms with Gasteiger partial charge in [0.25, 0.3) is 0 Å². The van der Waals surface area contributed by atoms with Crippen LogP contribution in [0.4, 0.5) is 0 Å². The van der Waals surface area contributed by atoms with Crippen molar-refractivity contribution < 1.29 is 14.7 Å². The maximum Gasteiger partial charge on any atom is 0.394 e. The minimum absolute atomic E-state index is 0.234. The van der Waals surface area contributed by atoms with Crippen molar-refractivity contribution >= 4 is 23.5 Å². The molecule has 0 bridgehead atoms. The third-order valence-corrected chi connectivity index (χ3v) is 5.98. The average Bonchev–Trinajstić information content (AvgIpc) is 2.83. The topological polar surface area (TPSA) is 57.6 Å². The molecule has 2 aromatic carbocycles. The van der Waals surface area contributed by atoms with E-state index in [0.29, 0.717) is 18.0 Å². The van der Waals surface area contributed by atoms with Gasteiger partial charge in [-0.1, -0.05) is 99.6 Å². The van der Waals surface area contributed by atoms with Gasteiger partial charge in [0, 0.05) is 30.1 Å². The monoisotopic (exact) mass is 481 g/mol. The predicted molar refractivity (Wildman–Crippen MR) is 139 cm³/mol. The van der Waals surface area contributed by atoms with Crippen molar-refractivity contribution in [2.75, 3.05) is 6.54 Å². The van der Waals surface area contributed by atoms with Crippen LogP contribution in [0.15, 0.2) is 48.5 Å². The van der Waals surface area contributed by atoms with Crippen molar-refractivity contribution in [3.05, 3.63) is 70.2 Å². The summed E-state index contributed by atoms with van der Waals surface area (Å²) in [5, 5.41) is 9.83. The van der Waals surface area contributed by atoms with Crippen LogP contribution in [0.25, 0.3) is 0 Å². The second-order valence-electron chi connectivity index (χ2n) is 8.64. The zero-order chi connectivity index (χ0) is 24.6. The maximum atomic E-state index is 12.2. The lowest BCUT2D eigenvalue weighted by Crippen LogP contribution is -2.37. The smallest absolute Gasteiger partial charge is 0.394 e. The molecule has 0 fully saturated rings. The van der Waals surface area contributed by atoms with Gasteiger partial charge in [-0.2, -0.15) is 0 Å². The Morgan fingerprint density at radius 2 is 1.59 bits per heavy atom. The van der Waals surface area contributed by atoms with Crippen molar-refractivity contribution in [3.8, 4) is 11.8 Å². The highest BCUT2D eigenvalue weighted by atomic mass is 35.5. The third kappa shape index (κ3) is 10.9. The molecule has 0 unspecified atom stereocenters. The van der Waals surface area contributed by atoms with Crippen LogP contribution in [-0.2, 0) is 22.6 Å². The quantitative estimate of drug-likeness (QED) is 0.193. The van der Waals surface area contributed by atoms with Crippen LogP contribution in [0.2, 0.25) is 5.02 Å². The molecular weight excluding hydrogens is 446 g/mol. The maximum absolute atomic E-state index is 12.2. The number of amides is 1. The van der Waals surface area contributed by atoms with E-state index < -0.39 is 11.9 Å². The van der Waals surface area contributed by atoms with Gasteiger partial charge in [-0.3, -0.25) is 4.79 Å². The molecule has 0 aromatic heterocycles. The van der Waals surface area contributed by atoms with E-state index in [9.17, 15) is 14.7 Å². The van der Waals surface area contributed by atoms with E-state index in [0.717, 1.165) is 29.5 Å². The highest BCUT2D eigenvalue weighted by Crippen LogP contribution is 2.14. The lowest BCUT2D eigenvalue weighted by Gasteiger charge is -2.21. The summed E-state index contributed by atoms with van der Waals surface area (Å²) in [7, 11) is 0. The van der Waals surface area contributed by atoms with Crippen LogP contribution >= 0.6 is 11.6 Å². The van der Waals surface area contributed by atoms with E-state index in [1.807, 2.05) is 42.5 Å². The standard InChI is InChI=1S/C29H36ClNO3/c1-2-3-4-5-6-7-8-9-10-11-13-24-16-18-26(19-17-24)23-31(28(32)29(33)34)21-20-25-14-12-15-27(30)22-25/h12,14-19,22H,2-10,20-21,23H2,1H3,(H,33,34). The number of hydrogen-bond acceptors (Lipinski definition) is 2. The Morgan fingerprint density at radius 3 is 2.24 bits per heavy atom. The molecule has 4 nitrogen and oxygen atoms in total. The molecule has 0 aliphatic carbocycles. The van der Waals surface area contributed by atoms with Crippen LogP contribution in [0.1, 0.15) is 81.4 Å². The number of carboxylic acid groups (broad SMARTS) is 1. The highest BCUT2D eigenvalue weighted by Gasteiger charge is 2.21. The molecule has 0 spiro atoms. The molecule has 0 atom stereocenters. The van der Waals surface area contributed by atoms with Gasteiger partial charge in [0.2, 0.25) is 0 Å². The predicted octanol–water partition coefficient (Wildman–Crippen LogP) is 6.88. The van der Waals surface area contributed by atoms with Gasteiger partial charge in [-0.25, -0.2) is 4.79 Å². The molecule has 2 aromatic rings. The first-order valence-corrected chi connectivity index (χ1v) is 12.7. The summed E-state index contributed by atoms with van der Waals surface area (Å²) in [5.74, 6) is 4.09. The van der Waals surface area contributed by atoms with Crippen molar-refractivity contribution in [1.29, 1.82) is 0 Å². The Morgan fingerprint density at radius 1 is 0.912 bits per heavy atom. The van der Waals surface area contributed by atoms with Crippen molar-refractivity contribution in [1.82, 2.24) is 4.90 Å². The van der Waals surface area contributed by atoms with Crippen molar-refractivity contribution in [2.24, 2.45) is 0 Å². The number of carbonyl (C=O) groups is 2. The fourth-order valence-electron chi connectivity index (χ4n) is 3.77. The summed E-state index contributed by atoms with van der Waals surface area (Å²) in [4.78, 5) is 24.8. The van der Waals surface area contributed by atoms with E-state index in [-0.39, 0.29) is 6.54 Å². The van der Waals surface area contributed by atoms with Gasteiger partial charge in [-0.05, 0) is 48.2 Å². The zero-order valence-electron chi connectivity index (χ0n) is 20.2. The number of nitrogens with zero attached hydrogens (tertiary/aromatic N) is 1. The van der Waals surface area contributed by atoms with E-state index in [4.69, 9.17) is 11.6 Å². The summed E-state index contributed by atoms with van der Waals surface area (Å²) in [6.07, 6.45) is 11.8. The van der Waals surface area contributed by atoms with Crippen LogP contribution in [0.3, 0.4) is 0 Å². The van der Waals surface area contributed by atoms with Crippen LogP contribution < -0.4 is 0 Å². The fraction of sp³-hybridized carbons (Fsp3) is 0.448. The molecule has 0 aliphatic heterocycles. The molecule has 34 heavy (non-hydrogen) atoms. The molecule has 0 heterocycles. The third-order valence-electron chi connectivity index (χ3n) is 5.75. The molecule has 182 valence electrons. The number of carboxylic acids is 1. The van der Waals surface area contributed by atoms with Gasteiger partial charge >= 0.3 is 11.9 Å². The summed E-state index contributed by atoms with van der Waals surface area (Å²) in [6.45, 7) is 2.77. The normalized spacial score (nSPS) is 10.4. The number of aliphatic carboxylic acids is 1. The zero-order valence-corrected chi connectivity index (χ0v) is 20.9. The second-order valence-corrected chi connectivity index (χ2v) is 9.07. The first-order chi connectivity index (χ1) is 16.5. The Bertz CT molecular complexity index is 959. The lowest BCUT2D eigenvalue weighted by atomic mass is 10.1. The molecule has 0 saturated heterocycles. The Labute approximate surface area is 209 Å². The Hall–Kier alpha value is -2.77. The molecule has 1 amide bonds. The molecule has 1 N–H and O–H groups in total. The number of carbonyl (C=O) groups excluding carboxylic acids is 1. The molecule has 0 aliphatic rings. The molecule has 5 heteroatoms. The summed E-state index contributed by atoms with van der Waals surface area (Å²) >= 11 is 6.02. The van der Waals surface area contributed by atoms with Crippen LogP contribution in [0.5, 0.6) is 0 Å². The number of halogens is 1. The van der Waals surface area contributed by atoms with E-state index in [2.05, 4.69) is 18.8 Å². The lowest BCUT2D eigenvalue weighted by molar-refractivity contribution is -0.156. The number of benzene rings is 2. The van der Waals surface area contributed by atoms with E-state index in [1.54, 1.807) is 6.07 Å². The van der Waals surface area contributed by atoms with Gasteiger partial charge < -0.3 is 10.0 Å². The largest absolute Gasteiger partial charge is 0.474 e. The minimum atomic E-state index is -1.45. The SMILES string of the molecule is CCCCCCCCCCC#Cc1ccc(CN(CCc2cccc(Cl)c2)C(=O)C(=O)O)cc1. The fourth-order valence-corrected chi connectivity index (χ4v) is 3.98. The van der Waals surface area contributed by atoms with Gasteiger partial charge in [0.1, 0.15) is 0 Å². The summed E-state index contributed by atoms with van der Waals surface area (Å²) in [5.41, 5.74) is 2.76. The van der Waals surface area contributed by atoms with Crippen LogP contribution in [0, 0.1) is 11.8 Å². The molecule has 2 rings (SSSR count). The van der Waals surface area contributed by atoms with Crippen molar-refractivity contribution in [2.45, 2.75) is 77.7 Å². The highest BCUT2D eigenvalue weighted by molar-refractivity contribution is 6.31. The molecule has 0 saturated carbocycles. The number of hydrogen-bond donors (Lipinski definition) is 1. The Kier molecular flexibility index (Phi) is 12.9. The number of rotatable bonds is 13. The molecular formula is C29H36ClNO3. The summed E-state index contributed by atoms with van der Waals surface area (Å²) < 4.78 is 0. The first kappa shape index (κ1) is 27.5. The van der Waals surface area contributed by atoms with Gasteiger partial charge in [0.05, 0.1) is 0 Å². The van der Waals surface area contributed by atoms with Gasteiger partial charge in [-0.15, -0.1) is 0 Å². The average molecular weight is 482 g/mol. The Balaban J connectivity index is 1.81. The summed E-state index contributed by atoms with van der Waals surface area (Å²) in [6, 6.07) is 15.0. The van der Waals surface area contributed by atoms with Gasteiger partial charge in [0.15, 0.2) is 0 Å². The van der Waals surface area contributed by atoms with Crippen LogP contribution in [-0.4, -0.2) is 28.4 Å². The van der Waals surface area contributed by atoms with E-state index >= 15 is 0 Å².